The zero-order chi connectivity index (χ0) is 20.8. The van der Waals surface area contributed by atoms with Crippen molar-refractivity contribution in [2.45, 2.75) is 39.5 Å². The highest BCUT2D eigenvalue weighted by Crippen LogP contribution is 2.18. The van der Waals surface area contributed by atoms with Crippen LogP contribution in [0.25, 0.3) is 0 Å². The highest BCUT2D eigenvalue weighted by Gasteiger charge is 2.15. The van der Waals surface area contributed by atoms with E-state index in [1.54, 1.807) is 5.38 Å². The fourth-order valence-electron chi connectivity index (χ4n) is 3.59. The van der Waals surface area contributed by atoms with Crippen molar-refractivity contribution < 1.29 is 9.53 Å². The molecule has 5 nitrogen and oxygen atoms in total. The van der Waals surface area contributed by atoms with Gasteiger partial charge >= 0.3 is 0 Å². The Morgan fingerprint density at radius 3 is 2.60 bits per heavy atom. The van der Waals surface area contributed by atoms with Gasteiger partial charge in [-0.2, -0.15) is 0 Å². The highest BCUT2D eigenvalue weighted by molar-refractivity contribution is 7.09. The molecule has 0 aliphatic carbocycles. The number of hydrogen-bond acceptors (Lipinski definition) is 5. The second kappa shape index (κ2) is 9.87. The second-order valence-corrected chi connectivity index (χ2v) is 8.61. The van der Waals surface area contributed by atoms with E-state index in [1.807, 2.05) is 37.3 Å². The van der Waals surface area contributed by atoms with E-state index in [2.05, 4.69) is 33.4 Å². The van der Waals surface area contributed by atoms with E-state index in [9.17, 15) is 4.79 Å². The highest BCUT2D eigenvalue weighted by atomic mass is 32.1. The molecule has 1 saturated heterocycles. The van der Waals surface area contributed by atoms with Crippen LogP contribution in [-0.2, 0) is 19.7 Å². The molecule has 1 fully saturated rings. The molecule has 1 aliphatic heterocycles. The largest absolute Gasteiger partial charge is 0.486 e. The number of carbonyl (C=O) groups is 1. The first-order valence-corrected chi connectivity index (χ1v) is 11.3. The summed E-state index contributed by atoms with van der Waals surface area (Å²) in [6.07, 6.45) is 2.55. The van der Waals surface area contributed by atoms with Crippen molar-refractivity contribution >= 4 is 17.2 Å². The van der Waals surface area contributed by atoms with Crippen LogP contribution < -0.4 is 10.1 Å². The van der Waals surface area contributed by atoms with Crippen molar-refractivity contribution in [3.8, 4) is 5.75 Å². The van der Waals surface area contributed by atoms with Crippen LogP contribution in [-0.4, -0.2) is 28.9 Å². The van der Waals surface area contributed by atoms with Gasteiger partial charge in [-0.05, 0) is 56.1 Å². The zero-order valence-electron chi connectivity index (χ0n) is 17.3. The van der Waals surface area contributed by atoms with E-state index in [0.717, 1.165) is 36.0 Å². The summed E-state index contributed by atoms with van der Waals surface area (Å²) in [4.78, 5) is 19.5. The summed E-state index contributed by atoms with van der Waals surface area (Å²) in [5.74, 6) is 0.653. The van der Waals surface area contributed by atoms with Gasteiger partial charge in [-0.25, -0.2) is 4.98 Å². The quantitative estimate of drug-likeness (QED) is 0.579. The molecular weight excluding hydrogens is 394 g/mol. The van der Waals surface area contributed by atoms with Gasteiger partial charge in [0.2, 0.25) is 0 Å². The first kappa shape index (κ1) is 20.6. The maximum Gasteiger partial charge on any atom is 0.271 e. The molecule has 3 aromatic rings. The van der Waals surface area contributed by atoms with Crippen molar-refractivity contribution in [3.05, 3.63) is 81.3 Å². The fraction of sp³-hybridized carbons (Fsp3) is 0.333. The lowest BCUT2D eigenvalue weighted by atomic mass is 10.1. The molecule has 4 rings (SSSR count). The van der Waals surface area contributed by atoms with E-state index >= 15 is 0 Å². The first-order chi connectivity index (χ1) is 14.7. The summed E-state index contributed by atoms with van der Waals surface area (Å²) in [5, 5.41) is 5.60. The number of thiazole rings is 1. The molecule has 1 N–H and O–H groups in total. The number of rotatable bonds is 8. The Morgan fingerprint density at radius 1 is 1.10 bits per heavy atom. The van der Waals surface area contributed by atoms with Crippen LogP contribution in [0.5, 0.6) is 5.75 Å². The molecule has 2 aromatic carbocycles. The molecule has 2 heterocycles. The Morgan fingerprint density at radius 2 is 1.83 bits per heavy atom. The topological polar surface area (TPSA) is 54.5 Å². The number of likely N-dealkylation sites (tertiary alicyclic amines) is 1. The van der Waals surface area contributed by atoms with Gasteiger partial charge in [0.15, 0.2) is 0 Å². The van der Waals surface area contributed by atoms with Gasteiger partial charge in [0.1, 0.15) is 23.1 Å². The van der Waals surface area contributed by atoms with Crippen LogP contribution in [0.4, 0.5) is 0 Å². The van der Waals surface area contributed by atoms with E-state index in [0.29, 0.717) is 18.8 Å². The third-order valence-electron chi connectivity index (χ3n) is 5.32. The van der Waals surface area contributed by atoms with E-state index in [-0.39, 0.29) is 5.91 Å². The Kier molecular flexibility index (Phi) is 6.77. The summed E-state index contributed by atoms with van der Waals surface area (Å²) in [6.45, 7) is 6.18. The molecule has 1 amide bonds. The number of nitrogens with zero attached hydrogens (tertiary/aromatic N) is 2. The van der Waals surface area contributed by atoms with E-state index in [4.69, 9.17) is 4.74 Å². The number of nitrogens with one attached hydrogen (secondary N) is 1. The molecule has 0 spiro atoms. The molecular formula is C24H27N3O2S. The number of benzene rings is 2. The average Bonchev–Trinajstić information content (AvgIpc) is 3.45. The van der Waals surface area contributed by atoms with Crippen LogP contribution in [0, 0.1) is 6.92 Å². The van der Waals surface area contributed by atoms with Crippen LogP contribution >= 0.6 is 11.3 Å². The molecule has 0 unspecified atom stereocenters. The standard InChI is InChI=1S/C24H27N3O2S/c1-18-8-10-21(11-9-18)29-16-23-26-22(17-30-23)24(28)25-14-19-6-2-3-7-20(19)15-27-12-4-5-13-27/h2-3,6-11,17H,4-5,12-16H2,1H3,(H,25,28). The van der Waals surface area contributed by atoms with Crippen molar-refractivity contribution in [1.82, 2.24) is 15.2 Å². The molecule has 0 atom stereocenters. The van der Waals surface area contributed by atoms with Crippen molar-refractivity contribution in [1.29, 1.82) is 0 Å². The minimum atomic E-state index is -0.149. The fourth-order valence-corrected chi connectivity index (χ4v) is 4.28. The maximum absolute atomic E-state index is 12.6. The monoisotopic (exact) mass is 421 g/mol. The number of ether oxygens (including phenoxy) is 1. The summed E-state index contributed by atoms with van der Waals surface area (Å²) in [5.41, 5.74) is 4.08. The summed E-state index contributed by atoms with van der Waals surface area (Å²) in [6, 6.07) is 16.2. The molecule has 1 aromatic heterocycles. The third kappa shape index (κ3) is 5.46. The van der Waals surface area contributed by atoms with Gasteiger partial charge in [-0.1, -0.05) is 42.0 Å². The summed E-state index contributed by atoms with van der Waals surface area (Å²) >= 11 is 1.44. The molecule has 0 radical (unpaired) electrons. The molecule has 30 heavy (non-hydrogen) atoms. The normalized spacial score (nSPS) is 14.0. The SMILES string of the molecule is Cc1ccc(OCc2nc(C(=O)NCc3ccccc3CN3CCCC3)cs2)cc1. The minimum absolute atomic E-state index is 0.149. The van der Waals surface area contributed by atoms with Gasteiger partial charge in [0.25, 0.3) is 5.91 Å². The van der Waals surface area contributed by atoms with E-state index < -0.39 is 0 Å². The molecule has 156 valence electrons. The number of hydrogen-bond donors (Lipinski definition) is 1. The zero-order valence-corrected chi connectivity index (χ0v) is 18.1. The van der Waals surface area contributed by atoms with Gasteiger partial charge < -0.3 is 10.1 Å². The first-order valence-electron chi connectivity index (χ1n) is 10.4. The van der Waals surface area contributed by atoms with Crippen molar-refractivity contribution in [2.24, 2.45) is 0 Å². The average molecular weight is 422 g/mol. The molecule has 0 saturated carbocycles. The number of amides is 1. The maximum atomic E-state index is 12.6. The van der Waals surface area contributed by atoms with Crippen LogP contribution in [0.3, 0.4) is 0 Å². The van der Waals surface area contributed by atoms with Crippen LogP contribution in [0.2, 0.25) is 0 Å². The minimum Gasteiger partial charge on any atom is -0.486 e. The lowest BCUT2D eigenvalue weighted by molar-refractivity contribution is 0.0946. The Hall–Kier alpha value is -2.70. The van der Waals surface area contributed by atoms with Crippen molar-refractivity contribution in [2.75, 3.05) is 13.1 Å². The number of aryl methyl sites for hydroxylation is 1. The van der Waals surface area contributed by atoms with Gasteiger partial charge in [0, 0.05) is 18.5 Å². The summed E-state index contributed by atoms with van der Waals surface area (Å²) in [7, 11) is 0. The third-order valence-corrected chi connectivity index (χ3v) is 6.14. The second-order valence-electron chi connectivity index (χ2n) is 7.66. The predicted molar refractivity (Wildman–Crippen MR) is 120 cm³/mol. The lowest BCUT2D eigenvalue weighted by Crippen LogP contribution is -2.25. The Bertz CT molecular complexity index is 978. The predicted octanol–water partition coefficient (Wildman–Crippen LogP) is 4.56. The Balaban J connectivity index is 1.31. The van der Waals surface area contributed by atoms with Gasteiger partial charge in [-0.15, -0.1) is 11.3 Å². The Labute approximate surface area is 181 Å². The van der Waals surface area contributed by atoms with Gasteiger partial charge in [0.05, 0.1) is 0 Å². The van der Waals surface area contributed by atoms with Crippen LogP contribution in [0.1, 0.15) is 45.0 Å². The molecule has 1 aliphatic rings. The number of carbonyl (C=O) groups excluding carboxylic acids is 1. The molecule has 0 bridgehead atoms. The lowest BCUT2D eigenvalue weighted by Gasteiger charge is -2.17. The van der Waals surface area contributed by atoms with Crippen molar-refractivity contribution in [3.63, 3.8) is 0 Å². The molecule has 6 heteroatoms. The summed E-state index contributed by atoms with van der Waals surface area (Å²) < 4.78 is 5.76. The smallest absolute Gasteiger partial charge is 0.271 e. The van der Waals surface area contributed by atoms with Gasteiger partial charge in [-0.3, -0.25) is 9.69 Å². The van der Waals surface area contributed by atoms with Crippen LogP contribution in [0.15, 0.2) is 53.9 Å². The van der Waals surface area contributed by atoms with E-state index in [1.165, 1.54) is 35.3 Å². The number of aromatic nitrogens is 1.